The van der Waals surface area contributed by atoms with Crippen LogP contribution in [0.3, 0.4) is 0 Å². The van der Waals surface area contributed by atoms with E-state index in [0.29, 0.717) is 0 Å². The number of nitrogens with one attached hydrogen (secondary N) is 1. The van der Waals surface area contributed by atoms with Crippen molar-refractivity contribution in [3.8, 4) is 9.88 Å². The maximum Gasteiger partial charge on any atom is 0.238 e. The third kappa shape index (κ3) is 4.55. The van der Waals surface area contributed by atoms with Gasteiger partial charge in [-0.25, -0.2) is 18.5 Å². The molecule has 1 amide bonds. The minimum atomic E-state index is -3.72. The Labute approximate surface area is 159 Å². The van der Waals surface area contributed by atoms with Crippen molar-refractivity contribution >= 4 is 38.6 Å². The number of primary sulfonamides is 1. The van der Waals surface area contributed by atoms with Crippen LogP contribution in [0.1, 0.15) is 24.2 Å². The SMILES string of the molecule is CC(NC(=O)Cc1csc(-c2cccs2)n1)c1ccc(S(N)(=O)=O)cc1. The van der Waals surface area contributed by atoms with E-state index < -0.39 is 10.0 Å². The smallest absolute Gasteiger partial charge is 0.238 e. The monoisotopic (exact) mass is 407 g/mol. The number of carbonyl (C=O) groups is 1. The standard InChI is InChI=1S/C17H17N3O3S3/c1-11(12-4-6-14(7-5-12)26(18,22)23)19-16(21)9-13-10-25-17(20-13)15-3-2-8-24-15/h2-8,10-11H,9H2,1H3,(H,19,21)(H2,18,22,23). The molecule has 0 bridgehead atoms. The molecule has 2 aromatic heterocycles. The number of rotatable bonds is 6. The van der Waals surface area contributed by atoms with Crippen LogP contribution in [0, 0.1) is 0 Å². The van der Waals surface area contributed by atoms with Gasteiger partial charge in [0.1, 0.15) is 5.01 Å². The molecule has 0 radical (unpaired) electrons. The molecule has 0 saturated carbocycles. The minimum absolute atomic E-state index is 0.0448. The van der Waals surface area contributed by atoms with E-state index in [1.54, 1.807) is 23.5 Å². The molecule has 1 atom stereocenters. The Morgan fingerprint density at radius 3 is 2.58 bits per heavy atom. The number of nitrogens with two attached hydrogens (primary N) is 1. The summed E-state index contributed by atoms with van der Waals surface area (Å²) in [5.74, 6) is -0.143. The van der Waals surface area contributed by atoms with E-state index in [1.165, 1.54) is 23.5 Å². The van der Waals surface area contributed by atoms with Crippen molar-refractivity contribution in [2.45, 2.75) is 24.3 Å². The number of benzene rings is 1. The Bertz CT molecular complexity index is 994. The number of thiazole rings is 1. The first-order chi connectivity index (χ1) is 12.3. The lowest BCUT2D eigenvalue weighted by Gasteiger charge is -2.14. The number of hydrogen-bond acceptors (Lipinski definition) is 6. The van der Waals surface area contributed by atoms with Crippen molar-refractivity contribution < 1.29 is 13.2 Å². The van der Waals surface area contributed by atoms with Gasteiger partial charge in [-0.1, -0.05) is 18.2 Å². The Balaban J connectivity index is 1.61. The molecule has 26 heavy (non-hydrogen) atoms. The normalized spacial score (nSPS) is 12.7. The third-order valence-corrected chi connectivity index (χ3v) is 6.57. The van der Waals surface area contributed by atoms with Gasteiger partial charge < -0.3 is 5.32 Å². The van der Waals surface area contributed by atoms with Crippen molar-refractivity contribution in [2.75, 3.05) is 0 Å². The van der Waals surface area contributed by atoms with E-state index in [1.807, 2.05) is 29.8 Å². The molecule has 6 nitrogen and oxygen atoms in total. The molecule has 3 rings (SSSR count). The number of thiophene rings is 1. The van der Waals surface area contributed by atoms with Crippen LogP contribution in [-0.2, 0) is 21.2 Å². The highest BCUT2D eigenvalue weighted by Crippen LogP contribution is 2.28. The van der Waals surface area contributed by atoms with Crippen LogP contribution in [0.25, 0.3) is 9.88 Å². The Kier molecular flexibility index (Phi) is 5.52. The summed E-state index contributed by atoms with van der Waals surface area (Å²) in [5, 5.41) is 12.8. The maximum absolute atomic E-state index is 12.3. The molecule has 1 unspecified atom stereocenters. The first-order valence-electron chi connectivity index (χ1n) is 7.73. The second-order valence-electron chi connectivity index (χ2n) is 5.70. The number of hydrogen-bond donors (Lipinski definition) is 2. The predicted molar refractivity (Wildman–Crippen MR) is 104 cm³/mol. The summed E-state index contributed by atoms with van der Waals surface area (Å²) < 4.78 is 22.6. The lowest BCUT2D eigenvalue weighted by Crippen LogP contribution is -2.28. The van der Waals surface area contributed by atoms with Gasteiger partial charge in [0, 0.05) is 5.38 Å². The summed E-state index contributed by atoms with van der Waals surface area (Å²) >= 11 is 3.13. The van der Waals surface area contributed by atoms with Crippen LogP contribution in [0.5, 0.6) is 0 Å². The number of carbonyl (C=O) groups excluding carboxylic acids is 1. The van der Waals surface area contributed by atoms with Crippen LogP contribution in [0.15, 0.2) is 52.1 Å². The van der Waals surface area contributed by atoms with Gasteiger partial charge in [-0.05, 0) is 36.1 Å². The maximum atomic E-state index is 12.3. The predicted octanol–water partition coefficient (Wildman–Crippen LogP) is 2.94. The van der Waals surface area contributed by atoms with Gasteiger partial charge in [0.25, 0.3) is 0 Å². The average molecular weight is 408 g/mol. The second kappa shape index (κ2) is 7.67. The van der Waals surface area contributed by atoms with Crippen molar-refractivity contribution in [3.63, 3.8) is 0 Å². The van der Waals surface area contributed by atoms with E-state index in [9.17, 15) is 13.2 Å². The molecule has 3 aromatic rings. The Hall–Kier alpha value is -2.07. The summed E-state index contributed by atoms with van der Waals surface area (Å²) in [4.78, 5) is 17.9. The molecule has 0 spiro atoms. The first-order valence-corrected chi connectivity index (χ1v) is 11.0. The first kappa shape index (κ1) is 18.7. The van der Waals surface area contributed by atoms with Crippen LogP contribution < -0.4 is 10.5 Å². The molecule has 2 heterocycles. The highest BCUT2D eigenvalue weighted by molar-refractivity contribution is 7.89. The number of sulfonamides is 1. The van der Waals surface area contributed by atoms with E-state index >= 15 is 0 Å². The van der Waals surface area contributed by atoms with Crippen LogP contribution in [0.2, 0.25) is 0 Å². The Morgan fingerprint density at radius 1 is 1.23 bits per heavy atom. The van der Waals surface area contributed by atoms with E-state index in [2.05, 4.69) is 10.3 Å². The average Bonchev–Trinajstić information content (AvgIpc) is 3.25. The molecule has 3 N–H and O–H groups in total. The summed E-state index contributed by atoms with van der Waals surface area (Å²) in [6.07, 6.45) is 0.196. The van der Waals surface area contributed by atoms with Crippen LogP contribution in [0.4, 0.5) is 0 Å². The fourth-order valence-corrected chi connectivity index (χ4v) is 4.54. The van der Waals surface area contributed by atoms with Crippen molar-refractivity contribution in [1.82, 2.24) is 10.3 Å². The molecule has 0 aliphatic rings. The number of aromatic nitrogens is 1. The van der Waals surface area contributed by atoms with Gasteiger partial charge >= 0.3 is 0 Å². The van der Waals surface area contributed by atoms with E-state index in [-0.39, 0.29) is 23.3 Å². The zero-order chi connectivity index (χ0) is 18.7. The molecule has 0 aliphatic heterocycles. The fourth-order valence-electron chi connectivity index (χ4n) is 2.39. The highest BCUT2D eigenvalue weighted by Gasteiger charge is 2.14. The van der Waals surface area contributed by atoms with Gasteiger partial charge in [-0.15, -0.1) is 22.7 Å². The van der Waals surface area contributed by atoms with Crippen molar-refractivity contribution in [2.24, 2.45) is 5.14 Å². The van der Waals surface area contributed by atoms with Crippen molar-refractivity contribution in [3.05, 3.63) is 58.4 Å². The summed E-state index contributed by atoms with van der Waals surface area (Å²) in [6, 6.07) is 9.86. The second-order valence-corrected chi connectivity index (χ2v) is 9.07. The molecule has 136 valence electrons. The Morgan fingerprint density at radius 2 is 1.96 bits per heavy atom. The molecule has 0 fully saturated rings. The number of amides is 1. The van der Waals surface area contributed by atoms with Gasteiger partial charge in [-0.3, -0.25) is 4.79 Å². The zero-order valence-corrected chi connectivity index (χ0v) is 16.3. The molecule has 1 aromatic carbocycles. The van der Waals surface area contributed by atoms with Gasteiger partial charge in [0.2, 0.25) is 15.9 Å². The highest BCUT2D eigenvalue weighted by atomic mass is 32.2. The van der Waals surface area contributed by atoms with Gasteiger partial charge in [0.05, 0.1) is 27.9 Å². The third-order valence-electron chi connectivity index (χ3n) is 3.71. The van der Waals surface area contributed by atoms with E-state index in [4.69, 9.17) is 5.14 Å². The lowest BCUT2D eigenvalue weighted by molar-refractivity contribution is -0.121. The topological polar surface area (TPSA) is 102 Å². The molecular formula is C17H17N3O3S3. The van der Waals surface area contributed by atoms with E-state index in [0.717, 1.165) is 21.1 Å². The van der Waals surface area contributed by atoms with Gasteiger partial charge in [0.15, 0.2) is 0 Å². The molecule has 9 heteroatoms. The van der Waals surface area contributed by atoms with Crippen LogP contribution in [-0.4, -0.2) is 19.3 Å². The van der Waals surface area contributed by atoms with Crippen LogP contribution >= 0.6 is 22.7 Å². The summed E-state index contributed by atoms with van der Waals surface area (Å²) in [5.41, 5.74) is 1.52. The van der Waals surface area contributed by atoms with Gasteiger partial charge in [-0.2, -0.15) is 0 Å². The summed E-state index contributed by atoms with van der Waals surface area (Å²) in [7, 11) is -3.72. The lowest BCUT2D eigenvalue weighted by atomic mass is 10.1. The largest absolute Gasteiger partial charge is 0.349 e. The summed E-state index contributed by atoms with van der Waals surface area (Å²) in [6.45, 7) is 1.84. The minimum Gasteiger partial charge on any atom is -0.349 e. The fraction of sp³-hybridized carbons (Fsp3) is 0.176. The number of nitrogens with zero attached hydrogens (tertiary/aromatic N) is 1. The molecule has 0 saturated heterocycles. The zero-order valence-electron chi connectivity index (χ0n) is 13.9. The molecular weight excluding hydrogens is 390 g/mol. The van der Waals surface area contributed by atoms with Crippen molar-refractivity contribution in [1.29, 1.82) is 0 Å². The molecule has 0 aliphatic carbocycles. The quantitative estimate of drug-likeness (QED) is 0.656.